The minimum atomic E-state index is -1.53. The van der Waals surface area contributed by atoms with Gasteiger partial charge >= 0.3 is 0 Å². The maximum atomic E-state index is 13.9. The SMILES string of the molecule is Cc1cc(Cl)cc(Cl)c1CNc1c(NC(C)C(C)(C)F)c(=O)c1=O. The van der Waals surface area contributed by atoms with Crippen molar-refractivity contribution in [2.45, 2.75) is 46.0 Å². The van der Waals surface area contributed by atoms with E-state index in [2.05, 4.69) is 10.6 Å². The first-order valence-electron chi connectivity index (χ1n) is 7.49. The molecular weight excluding hydrogens is 354 g/mol. The van der Waals surface area contributed by atoms with Crippen LogP contribution in [-0.4, -0.2) is 11.7 Å². The summed E-state index contributed by atoms with van der Waals surface area (Å²) in [5.41, 5.74) is -0.892. The zero-order chi connectivity index (χ0) is 18.2. The number of hydrogen-bond donors (Lipinski definition) is 2. The molecule has 7 heteroatoms. The van der Waals surface area contributed by atoms with Crippen molar-refractivity contribution in [1.29, 1.82) is 0 Å². The topological polar surface area (TPSA) is 58.2 Å². The van der Waals surface area contributed by atoms with E-state index >= 15 is 0 Å². The Labute approximate surface area is 149 Å². The molecule has 0 saturated heterocycles. The van der Waals surface area contributed by atoms with E-state index < -0.39 is 22.6 Å². The molecule has 0 aliphatic rings. The van der Waals surface area contributed by atoms with Crippen molar-refractivity contribution in [3.05, 3.63) is 53.8 Å². The lowest BCUT2D eigenvalue weighted by molar-refractivity contribution is 0.192. The van der Waals surface area contributed by atoms with Crippen LogP contribution in [0.1, 0.15) is 31.9 Å². The second-order valence-corrected chi connectivity index (χ2v) is 7.22. The Morgan fingerprint density at radius 2 is 1.75 bits per heavy atom. The number of halogens is 3. The quantitative estimate of drug-likeness (QED) is 0.750. The summed E-state index contributed by atoms with van der Waals surface area (Å²) in [4.78, 5) is 23.5. The molecule has 2 aromatic carbocycles. The van der Waals surface area contributed by atoms with E-state index in [9.17, 15) is 14.0 Å². The minimum Gasteiger partial charge on any atom is -0.376 e. The monoisotopic (exact) mass is 372 g/mol. The second kappa shape index (κ2) is 6.73. The van der Waals surface area contributed by atoms with E-state index in [0.717, 1.165) is 11.1 Å². The maximum Gasteiger partial charge on any atom is 0.253 e. The highest BCUT2D eigenvalue weighted by atomic mass is 35.5. The Hall–Kier alpha value is -1.59. The van der Waals surface area contributed by atoms with Crippen molar-refractivity contribution >= 4 is 34.6 Å². The molecule has 2 N–H and O–H groups in total. The maximum absolute atomic E-state index is 13.9. The Bertz CT molecular complexity index is 813. The van der Waals surface area contributed by atoms with Gasteiger partial charge in [0.25, 0.3) is 10.9 Å². The van der Waals surface area contributed by atoms with E-state index in [4.69, 9.17) is 23.2 Å². The Morgan fingerprint density at radius 3 is 2.29 bits per heavy atom. The molecule has 0 aliphatic carbocycles. The predicted molar refractivity (Wildman–Crippen MR) is 98.2 cm³/mol. The van der Waals surface area contributed by atoms with Gasteiger partial charge in [-0.2, -0.15) is 0 Å². The molecule has 24 heavy (non-hydrogen) atoms. The summed E-state index contributed by atoms with van der Waals surface area (Å²) in [6, 6.07) is 2.75. The minimum absolute atomic E-state index is 0.112. The molecule has 0 aromatic heterocycles. The smallest absolute Gasteiger partial charge is 0.253 e. The summed E-state index contributed by atoms with van der Waals surface area (Å²) in [5, 5.41) is 6.70. The number of aryl methyl sites for hydroxylation is 1. The number of nitrogens with one attached hydrogen (secondary N) is 2. The molecular formula is C17H19Cl2FN2O2. The van der Waals surface area contributed by atoms with E-state index in [0.29, 0.717) is 10.0 Å². The Balaban J connectivity index is 2.19. The van der Waals surface area contributed by atoms with Crippen molar-refractivity contribution in [2.24, 2.45) is 0 Å². The van der Waals surface area contributed by atoms with E-state index in [-0.39, 0.29) is 17.9 Å². The number of benzene rings is 1. The van der Waals surface area contributed by atoms with Crippen molar-refractivity contribution in [2.75, 3.05) is 10.6 Å². The average molecular weight is 373 g/mol. The fourth-order valence-electron chi connectivity index (χ4n) is 2.22. The van der Waals surface area contributed by atoms with Gasteiger partial charge in [-0.25, -0.2) is 4.39 Å². The standard InChI is InChI=1S/C17H19Cl2FN2O2/c1-8-5-10(18)6-12(19)11(8)7-21-13-14(16(24)15(13)23)22-9(2)17(3,4)20/h5-6,9,21-22H,7H2,1-4H3. The highest BCUT2D eigenvalue weighted by Gasteiger charge is 2.29. The van der Waals surface area contributed by atoms with Crippen LogP contribution in [0.25, 0.3) is 0 Å². The molecule has 0 saturated carbocycles. The summed E-state index contributed by atoms with van der Waals surface area (Å²) in [7, 11) is 0. The van der Waals surface area contributed by atoms with E-state index in [1.807, 2.05) is 6.92 Å². The fourth-order valence-corrected chi connectivity index (χ4v) is 2.88. The van der Waals surface area contributed by atoms with Crippen LogP contribution < -0.4 is 21.5 Å². The van der Waals surface area contributed by atoms with E-state index in [1.165, 1.54) is 13.8 Å². The Kier molecular flexibility index (Phi) is 5.25. The van der Waals surface area contributed by atoms with Gasteiger partial charge in [0.15, 0.2) is 0 Å². The summed E-state index contributed by atoms with van der Waals surface area (Å²) in [6.07, 6.45) is 0. The van der Waals surface area contributed by atoms with Crippen LogP contribution in [0.3, 0.4) is 0 Å². The number of alkyl halides is 1. The van der Waals surface area contributed by atoms with Crippen molar-refractivity contribution < 1.29 is 4.39 Å². The van der Waals surface area contributed by atoms with Crippen LogP contribution in [0, 0.1) is 6.92 Å². The normalized spacial score (nSPS) is 13.1. The molecule has 0 fully saturated rings. The van der Waals surface area contributed by atoms with Gasteiger partial charge in [0.2, 0.25) is 0 Å². The molecule has 0 radical (unpaired) electrons. The van der Waals surface area contributed by atoms with Gasteiger partial charge in [0.1, 0.15) is 17.0 Å². The third-order valence-corrected chi connectivity index (χ3v) is 4.68. The number of anilines is 2. The summed E-state index contributed by atoms with van der Waals surface area (Å²) in [6.45, 7) is 6.53. The van der Waals surface area contributed by atoms with Gasteiger partial charge in [-0.3, -0.25) is 9.59 Å². The fraction of sp³-hybridized carbons (Fsp3) is 0.412. The molecule has 4 nitrogen and oxygen atoms in total. The van der Waals surface area contributed by atoms with Gasteiger partial charge in [0, 0.05) is 16.6 Å². The first-order chi connectivity index (χ1) is 11.0. The third kappa shape index (κ3) is 3.73. The van der Waals surface area contributed by atoms with Crippen LogP contribution in [0.2, 0.25) is 10.0 Å². The van der Waals surface area contributed by atoms with Crippen molar-refractivity contribution in [3.63, 3.8) is 0 Å². The van der Waals surface area contributed by atoms with Crippen molar-refractivity contribution in [1.82, 2.24) is 0 Å². The molecule has 2 aromatic rings. The molecule has 1 unspecified atom stereocenters. The lowest BCUT2D eigenvalue weighted by atomic mass is 10.0. The van der Waals surface area contributed by atoms with Crippen LogP contribution in [-0.2, 0) is 6.54 Å². The van der Waals surface area contributed by atoms with Crippen LogP contribution in [0.15, 0.2) is 21.7 Å². The summed E-state index contributed by atoms with van der Waals surface area (Å²) in [5.74, 6) is 0. The van der Waals surface area contributed by atoms with E-state index in [1.54, 1.807) is 19.1 Å². The van der Waals surface area contributed by atoms with Crippen molar-refractivity contribution in [3.8, 4) is 0 Å². The highest BCUT2D eigenvalue weighted by molar-refractivity contribution is 6.35. The van der Waals surface area contributed by atoms with Crippen LogP contribution in [0.5, 0.6) is 0 Å². The number of rotatable bonds is 6. The lowest BCUT2D eigenvalue weighted by Gasteiger charge is -2.26. The van der Waals surface area contributed by atoms with Gasteiger partial charge < -0.3 is 10.6 Å². The number of hydrogen-bond acceptors (Lipinski definition) is 4. The summed E-state index contributed by atoms with van der Waals surface area (Å²) >= 11 is 12.1. The highest BCUT2D eigenvalue weighted by Crippen LogP contribution is 2.27. The first kappa shape index (κ1) is 18.7. The Morgan fingerprint density at radius 1 is 1.17 bits per heavy atom. The molecule has 0 aliphatic heterocycles. The van der Waals surface area contributed by atoms with Gasteiger partial charge in [-0.1, -0.05) is 23.2 Å². The zero-order valence-electron chi connectivity index (χ0n) is 13.9. The van der Waals surface area contributed by atoms with Crippen LogP contribution in [0.4, 0.5) is 15.8 Å². The molecule has 0 bridgehead atoms. The van der Waals surface area contributed by atoms with Gasteiger partial charge in [-0.15, -0.1) is 0 Å². The predicted octanol–water partition coefficient (Wildman–Crippen LogP) is 4.06. The molecule has 0 spiro atoms. The molecule has 2 rings (SSSR count). The molecule has 130 valence electrons. The lowest BCUT2D eigenvalue weighted by Crippen LogP contribution is -2.43. The zero-order valence-corrected chi connectivity index (χ0v) is 15.4. The van der Waals surface area contributed by atoms with Crippen LogP contribution >= 0.6 is 23.2 Å². The van der Waals surface area contributed by atoms with Gasteiger partial charge in [-0.05, 0) is 51.0 Å². The molecule has 1 atom stereocenters. The molecule has 0 amide bonds. The second-order valence-electron chi connectivity index (χ2n) is 6.38. The largest absolute Gasteiger partial charge is 0.376 e. The molecule has 0 heterocycles. The third-order valence-electron chi connectivity index (χ3n) is 4.13. The van der Waals surface area contributed by atoms with Gasteiger partial charge in [0.05, 0.1) is 6.04 Å². The average Bonchev–Trinajstić information content (AvgIpc) is 2.46. The summed E-state index contributed by atoms with van der Waals surface area (Å²) < 4.78 is 13.9. The first-order valence-corrected chi connectivity index (χ1v) is 8.25.